The molecule has 0 spiro atoms. The number of halogens is 2. The molecular formula is C63H66Cl2CuKN20NaO25S9Sn. The molecule has 0 fully saturated rings. The van der Waals surface area contributed by atoms with Gasteiger partial charge in [0.1, 0.15) is 29.3 Å². The van der Waals surface area contributed by atoms with Crippen LogP contribution in [0.25, 0.3) is 88.3 Å². The number of carboxylic acid groups (broad SMARTS) is 1. The number of hydrogen-bond donors (Lipinski definition) is 10. The van der Waals surface area contributed by atoms with Crippen molar-refractivity contribution >= 4 is 266 Å². The molecule has 0 unspecified atom stereocenters. The Morgan fingerprint density at radius 1 is 0.618 bits per heavy atom. The summed E-state index contributed by atoms with van der Waals surface area (Å²) in [7, 11) is 5.54. The van der Waals surface area contributed by atoms with Gasteiger partial charge in [0, 0.05) is 50.4 Å². The SMILES string of the molecule is CCOC(=O)/C(=C/c1cccs1)N=[N+]=[N-].CCOC(=O)CN=[N+]=[N-].CCOC(=O)c1cc2sc([N+](=O)[O-])cc2[nH]1.CCOC(=O)c1cc2sccc2[nH]1.CC[O-].NOS(=O)(=O)OO.Nc1cc2c(ccn2N)s1.Nn1ccc2sc([N+](=O)[O-])cc21.O=C(O)c1cc2sc([N+](=O)[O-])cc2[nH]1.O=Cc1cccs1.O=[N+]([O-])c1cc2[nH]ccc2s1.[Cl][Sn][Cl].[Cu].[H-].[K+].[Na+]. The van der Waals surface area contributed by atoms with Gasteiger partial charge in [-0.05, 0) is 122 Å². The normalized spacial score (nSPS) is 9.85. The summed E-state index contributed by atoms with van der Waals surface area (Å²) in [4.78, 5) is 122. The van der Waals surface area contributed by atoms with Crippen LogP contribution in [0.5, 0.6) is 0 Å². The largest absolute Gasteiger partial charge is 1.00 e. The molecule has 0 aliphatic rings. The zero-order chi connectivity index (χ0) is 89.6. The van der Waals surface area contributed by atoms with Gasteiger partial charge < -0.3 is 67.9 Å². The third-order valence-corrected chi connectivity index (χ3v) is 20.7. The van der Waals surface area contributed by atoms with Crippen molar-refractivity contribution in [1.82, 2.24) is 29.3 Å². The van der Waals surface area contributed by atoms with E-state index >= 15 is 0 Å². The van der Waals surface area contributed by atoms with Gasteiger partial charge in [0.2, 0.25) is 0 Å². The molecule has 0 saturated heterocycles. The van der Waals surface area contributed by atoms with E-state index in [1.54, 1.807) is 98.6 Å². The molecule has 14 rings (SSSR count). The first kappa shape index (κ1) is 115. The second-order valence-electron chi connectivity index (χ2n) is 20.5. The van der Waals surface area contributed by atoms with Crippen LogP contribution in [0.4, 0.5) is 25.0 Å². The van der Waals surface area contributed by atoms with Gasteiger partial charge in [-0.25, -0.2) is 24.4 Å². The van der Waals surface area contributed by atoms with Crippen molar-refractivity contribution in [2.24, 2.45) is 16.1 Å². The zero-order valence-corrected chi connectivity index (χ0v) is 82.1. The number of carboxylic acids is 1. The van der Waals surface area contributed by atoms with Gasteiger partial charge in [-0.1, -0.05) is 79.0 Å². The van der Waals surface area contributed by atoms with Crippen LogP contribution in [0, 0.1) is 40.5 Å². The van der Waals surface area contributed by atoms with Gasteiger partial charge in [-0.15, -0.1) is 52.0 Å². The standard InChI is InChI=1S/C9H9N3O2S.C9H8N2O4S.C9H9NO2S.C7H4N2O4S.C6H5N3O2S.C6H7N3S.C6H4N2O2S.C5H4OS.C4H7N3O2.C2H5O.2ClH.Cu.K.H3NO5S.Na.Sn.H/c1-2-14-9(13)8(11-12-10)6-7-4-3-5-15-7;1-2-15-9(12)6-3-7-5(10-6)4-8(16-7)11(13)14;1-2-12-9(11)7-5-8-6(10-7)3-4-13-8;10-7(11)4-1-5-3(8-4)2-6(14-5)9(12)13;7-8-2-1-5-4(8)3-6(12-5)9(10)11;7-6-3-4-5(10-6)1-2-9(4)8;9-8(10)6-3-4-5(11-6)1-2-7-4;6-4-5-2-1-3-7-5;1-2-9-4(8)3-6-7-5;1-2-3;;;;;1-5-7(3,4)6-2;;;/h3-6H,2H2,1H3;3-4,10H,2H2,1H3;3-5,10H,2H2,1H3;1-2,8H,(H,10,11);1-3H,7H2;1-3H,7-8H2;1-3,7H;1-4H;2-3H2,1H3;2H2,1H3;2*1H;;;2H,1H2;;;/q;;;;;;;;;-1;;;;+1;;+1;+2;-1/p-2/b8-6-;;;;;;;;;;;;;;;;;. The summed E-state index contributed by atoms with van der Waals surface area (Å²) >= 11 is 9.51. The predicted octanol–water partition coefficient (Wildman–Crippen LogP) is 9.49. The number of nitro groups is 4. The molecule has 60 heteroatoms. The first-order chi connectivity index (χ1) is 57.2. The van der Waals surface area contributed by atoms with Crippen molar-refractivity contribution in [3.63, 3.8) is 0 Å². The first-order valence-corrected chi connectivity index (χ1v) is 47.6. The topological polar surface area (TPSA) is 703 Å². The van der Waals surface area contributed by atoms with Gasteiger partial charge in [0.05, 0.1) is 142 Å². The maximum absolute atomic E-state index is 11.3. The minimum Gasteiger partial charge on any atom is -1.00 e. The Hall–Kier alpha value is -8.50. The van der Waals surface area contributed by atoms with E-state index in [1.807, 2.05) is 70.9 Å². The molecule has 0 saturated carbocycles. The summed E-state index contributed by atoms with van der Waals surface area (Å²) in [6, 6.07) is 27.2. The fourth-order valence-electron chi connectivity index (χ4n) is 8.07. The number of esters is 4. The molecule has 0 aliphatic heterocycles. The quantitative estimate of drug-likeness (QED) is 0.00293. The predicted molar refractivity (Wildman–Crippen MR) is 460 cm³/mol. The van der Waals surface area contributed by atoms with Gasteiger partial charge in [-0.2, -0.15) is 18.6 Å². The number of carbonyl (C=O) groups is 6. The number of aromatic carboxylic acids is 1. The van der Waals surface area contributed by atoms with Crippen LogP contribution in [-0.4, -0.2) is 162 Å². The maximum atomic E-state index is 11.3. The Morgan fingerprint density at radius 2 is 1.06 bits per heavy atom. The van der Waals surface area contributed by atoms with Gasteiger partial charge >= 0.3 is 178 Å². The monoisotopic (exact) mass is 2100 g/mol. The molecule has 0 amide bonds. The molecule has 3 radical (unpaired) electrons. The summed E-state index contributed by atoms with van der Waals surface area (Å²) < 4.78 is 51.9. The molecule has 653 valence electrons. The molecule has 0 bridgehead atoms. The Morgan fingerprint density at radius 3 is 1.45 bits per heavy atom. The molecular weight excluding hydrogens is 2040 g/mol. The van der Waals surface area contributed by atoms with E-state index in [0.29, 0.717) is 57.2 Å². The number of aromatic amines is 4. The number of nitrogens with one attached hydrogen (secondary N) is 4. The van der Waals surface area contributed by atoms with Crippen LogP contribution in [0.1, 0.15) is 82.1 Å². The number of thiophene rings is 8. The molecule has 0 aromatic carbocycles. The number of rotatable bonds is 19. The van der Waals surface area contributed by atoms with E-state index in [1.165, 1.54) is 69.0 Å². The summed E-state index contributed by atoms with van der Waals surface area (Å²) in [6.45, 7) is 9.52. The minimum atomic E-state index is -4.32. The number of hydrogen-bond acceptors (Lipinski definition) is 38. The Kier molecular flexibility index (Phi) is 57.5. The second-order valence-corrected chi connectivity index (χ2v) is 34.2. The fraction of sp³-hybridized carbons (Fsp3) is 0.175. The summed E-state index contributed by atoms with van der Waals surface area (Å²) in [5, 5.41) is 79.5. The van der Waals surface area contributed by atoms with E-state index in [4.69, 9.17) is 76.0 Å². The van der Waals surface area contributed by atoms with Crippen molar-refractivity contribution in [2.75, 3.05) is 57.0 Å². The third-order valence-electron chi connectivity index (χ3n) is 12.7. The minimum absolute atomic E-state index is 0. The number of H-pyrrole nitrogens is 4. The van der Waals surface area contributed by atoms with Crippen LogP contribution in [0.2, 0.25) is 0 Å². The number of azide groups is 2. The number of ether oxygens (including phenoxy) is 4. The van der Waals surface area contributed by atoms with E-state index in [2.05, 4.69) is 59.2 Å². The number of nitrogens with two attached hydrogens (primary N) is 4. The number of nitrogen functional groups attached to an aromatic ring is 3. The van der Waals surface area contributed by atoms with Crippen molar-refractivity contribution in [2.45, 2.75) is 34.6 Å². The summed E-state index contributed by atoms with van der Waals surface area (Å²) in [6.07, 6.45) is 7.61. The fourth-order valence-corrected chi connectivity index (χ4v) is 14.3. The van der Waals surface area contributed by atoms with E-state index < -0.39 is 67.9 Å². The van der Waals surface area contributed by atoms with Gasteiger partial charge in [0.25, 0.3) is 0 Å². The Bertz CT molecular complexity index is 5740. The van der Waals surface area contributed by atoms with E-state index in [0.717, 1.165) is 90.4 Å². The number of carbonyl (C=O) groups excluding carboxylic acids is 5. The third kappa shape index (κ3) is 40.6. The number of nitrogens with zero attached hydrogens (tertiary/aromatic N) is 12. The summed E-state index contributed by atoms with van der Waals surface area (Å²) in [5.41, 5.74) is 27.0. The Balaban J connectivity index is 0. The van der Waals surface area contributed by atoms with Crippen LogP contribution >= 0.6 is 109 Å². The molecule has 0 aliphatic carbocycles. The number of fused-ring (bicyclic) bond motifs is 6. The number of aromatic nitrogens is 6. The zero-order valence-electron chi connectivity index (χ0n) is 65.3. The number of anilines is 1. The smallest absolute Gasteiger partial charge is 1.00 e. The summed E-state index contributed by atoms with van der Waals surface area (Å²) in [5.74, 6) is 12.2. The average Bonchev–Trinajstić information content (AvgIpc) is 1.66. The average molecular weight is 2110 g/mol. The van der Waals surface area contributed by atoms with Crippen LogP contribution in [0.3, 0.4) is 0 Å². The maximum Gasteiger partial charge on any atom is 1.00 e. The first-order valence-electron chi connectivity index (χ1n) is 32.3. The molecule has 123 heavy (non-hydrogen) atoms. The molecule has 14 aromatic heterocycles. The van der Waals surface area contributed by atoms with E-state index in [-0.39, 0.29) is 161 Å². The van der Waals surface area contributed by atoms with Crippen molar-refractivity contribution in [1.29, 1.82) is 0 Å². The molecule has 0 atom stereocenters. The van der Waals surface area contributed by atoms with Gasteiger partial charge in [0.15, 0.2) is 6.29 Å². The number of aldehydes is 1. The van der Waals surface area contributed by atoms with Gasteiger partial charge in [-0.3, -0.25) is 59.4 Å². The molecule has 14 aromatic rings. The Labute approximate surface area is 818 Å². The van der Waals surface area contributed by atoms with E-state index in [9.17, 15) is 77.6 Å². The van der Waals surface area contributed by atoms with Crippen molar-refractivity contribution < 1.29 is 199 Å². The molecule has 14 heterocycles. The molecule has 14 N–H and O–H groups in total. The van der Waals surface area contributed by atoms with Crippen LogP contribution < -0.4 is 109 Å². The molecule has 45 nitrogen and oxygen atoms in total. The van der Waals surface area contributed by atoms with Crippen LogP contribution in [-0.2, 0) is 64.6 Å². The van der Waals surface area contributed by atoms with Crippen molar-refractivity contribution in [3.8, 4) is 0 Å². The van der Waals surface area contributed by atoms with Crippen molar-refractivity contribution in [3.05, 3.63) is 226 Å². The van der Waals surface area contributed by atoms with Crippen LogP contribution in [0.15, 0.2) is 148 Å². The second kappa shape index (κ2) is 61.8.